The van der Waals surface area contributed by atoms with Crippen molar-refractivity contribution in [3.05, 3.63) is 18.1 Å². The Morgan fingerprint density at radius 1 is 1.75 bits per heavy atom. The Balaban J connectivity index is 3.12. The first-order valence-electron chi connectivity index (χ1n) is 3.08. The molecule has 12 heavy (non-hydrogen) atoms. The third kappa shape index (κ3) is 1.60. The monoisotopic (exact) mass is 173 g/mol. The molecule has 0 aromatic carbocycles. The van der Waals surface area contributed by atoms with Crippen LogP contribution in [-0.2, 0) is 0 Å². The molecule has 1 aromatic rings. The second-order valence-corrected chi connectivity index (χ2v) is 2.03. The normalized spacial score (nSPS) is 9.67. The van der Waals surface area contributed by atoms with Crippen LogP contribution in [0.5, 0.6) is 5.88 Å². The fourth-order valence-electron chi connectivity index (χ4n) is 0.737. The lowest BCUT2D eigenvalue weighted by Gasteiger charge is -2.12. The first-order chi connectivity index (χ1) is 5.65. The Morgan fingerprint density at radius 3 is 2.92 bits per heavy atom. The molecule has 0 unspecified atom stereocenters. The smallest absolute Gasteiger partial charge is 0.241 e. The van der Waals surface area contributed by atoms with Gasteiger partial charge in [0.05, 0.1) is 13.3 Å². The van der Waals surface area contributed by atoms with Crippen molar-refractivity contribution in [2.24, 2.45) is 5.84 Å². The molecule has 66 valence electrons. The van der Waals surface area contributed by atoms with Crippen LogP contribution >= 0.6 is 0 Å². The maximum atomic E-state index is 12.5. The summed E-state index contributed by atoms with van der Waals surface area (Å²) in [7, 11) is 1.34. The Hall–Kier alpha value is -1.40. The van der Waals surface area contributed by atoms with Crippen molar-refractivity contribution < 1.29 is 14.3 Å². The average Bonchev–Trinajstić information content (AvgIpc) is 2.04. The van der Waals surface area contributed by atoms with Crippen LogP contribution in [0.1, 0.15) is 0 Å². The fraction of sp³-hybridized carbons (Fsp3) is 0.167. The van der Waals surface area contributed by atoms with E-state index >= 15 is 0 Å². The number of halogens is 1. The number of nitrogens with zero attached hydrogens (tertiary/aromatic N) is 2. The Bertz CT molecular complexity index is 279. The van der Waals surface area contributed by atoms with Gasteiger partial charge in [0.25, 0.3) is 0 Å². The van der Waals surface area contributed by atoms with E-state index in [1.54, 1.807) is 0 Å². The van der Waals surface area contributed by atoms with Gasteiger partial charge < -0.3 is 4.74 Å². The lowest BCUT2D eigenvalue weighted by Crippen LogP contribution is -2.26. The molecule has 0 aliphatic carbocycles. The van der Waals surface area contributed by atoms with Crippen molar-refractivity contribution in [2.75, 3.05) is 12.3 Å². The largest absolute Gasteiger partial charge is 0.479 e. The highest BCUT2D eigenvalue weighted by Gasteiger charge is 2.09. The summed E-state index contributed by atoms with van der Waals surface area (Å²) in [4.78, 5) is 3.54. The fourth-order valence-corrected chi connectivity index (χ4v) is 0.737. The van der Waals surface area contributed by atoms with Gasteiger partial charge in [-0.15, -0.1) is 0 Å². The van der Waals surface area contributed by atoms with Gasteiger partial charge in [0.15, 0.2) is 0 Å². The zero-order valence-corrected chi connectivity index (χ0v) is 6.36. The molecule has 6 heteroatoms. The molecule has 0 bridgehead atoms. The molecule has 1 heterocycles. The van der Waals surface area contributed by atoms with E-state index in [2.05, 4.69) is 4.98 Å². The minimum atomic E-state index is -0.602. The van der Waals surface area contributed by atoms with Crippen LogP contribution in [0.15, 0.2) is 12.3 Å². The summed E-state index contributed by atoms with van der Waals surface area (Å²) in [5, 5.41) is 9.03. The summed E-state index contributed by atoms with van der Waals surface area (Å²) in [6.45, 7) is 0. The molecule has 0 saturated heterocycles. The molecule has 3 N–H and O–H groups in total. The third-order valence-corrected chi connectivity index (χ3v) is 1.24. The zero-order valence-electron chi connectivity index (χ0n) is 6.36. The summed E-state index contributed by atoms with van der Waals surface area (Å²) in [5.74, 6) is 4.42. The van der Waals surface area contributed by atoms with Crippen LogP contribution in [0.4, 0.5) is 10.1 Å². The van der Waals surface area contributed by atoms with E-state index in [0.717, 1.165) is 12.3 Å². The van der Waals surface area contributed by atoms with E-state index < -0.39 is 5.82 Å². The van der Waals surface area contributed by atoms with Crippen molar-refractivity contribution in [2.45, 2.75) is 0 Å². The molecule has 0 amide bonds. The van der Waals surface area contributed by atoms with Crippen molar-refractivity contribution >= 4 is 5.69 Å². The van der Waals surface area contributed by atoms with Gasteiger partial charge in [-0.1, -0.05) is 0 Å². The summed E-state index contributed by atoms with van der Waals surface area (Å²) in [6, 6.07) is 1.01. The minimum Gasteiger partial charge on any atom is -0.479 e. The molecule has 0 saturated carbocycles. The highest BCUT2D eigenvalue weighted by atomic mass is 19.1. The topological polar surface area (TPSA) is 71.6 Å². The molecule has 0 aliphatic heterocycles. The molecule has 1 aromatic heterocycles. The number of hydrogen-bond acceptors (Lipinski definition) is 5. The van der Waals surface area contributed by atoms with Gasteiger partial charge in [-0.05, 0) is 0 Å². The Labute approximate surface area is 68.1 Å². The molecule has 5 nitrogen and oxygen atoms in total. The number of anilines is 1. The quantitative estimate of drug-likeness (QED) is 0.497. The first kappa shape index (κ1) is 8.69. The van der Waals surface area contributed by atoms with Crippen LogP contribution < -0.4 is 15.8 Å². The number of hydrazine groups is 1. The van der Waals surface area contributed by atoms with Crippen molar-refractivity contribution in [1.82, 2.24) is 4.98 Å². The highest BCUT2D eigenvalue weighted by molar-refractivity contribution is 5.51. The minimum absolute atomic E-state index is 0.0301. The van der Waals surface area contributed by atoms with Gasteiger partial charge >= 0.3 is 0 Å². The lowest BCUT2D eigenvalue weighted by molar-refractivity contribution is 0.251. The van der Waals surface area contributed by atoms with Crippen LogP contribution in [0.3, 0.4) is 0 Å². The summed E-state index contributed by atoms with van der Waals surface area (Å²) in [6.07, 6.45) is 0.964. The van der Waals surface area contributed by atoms with Crippen LogP contribution in [-0.4, -0.2) is 17.3 Å². The first-order valence-corrected chi connectivity index (χ1v) is 3.08. The second kappa shape index (κ2) is 3.33. The van der Waals surface area contributed by atoms with Gasteiger partial charge in [0.1, 0.15) is 11.5 Å². The number of nitrogens with two attached hydrogens (primary N) is 1. The molecule has 0 fully saturated rings. The summed E-state index contributed by atoms with van der Waals surface area (Å²) < 4.78 is 17.2. The molecule has 1 rings (SSSR count). The number of methoxy groups -OCH3 is 1. The number of aromatic nitrogens is 1. The molecule has 0 radical (unpaired) electrons. The number of rotatable bonds is 2. The SMILES string of the molecule is COc1ncc(F)cc1N(N)O. The highest BCUT2D eigenvalue weighted by Crippen LogP contribution is 2.22. The molecule has 0 spiro atoms. The van der Waals surface area contributed by atoms with E-state index in [-0.39, 0.29) is 16.7 Å². The van der Waals surface area contributed by atoms with Crippen LogP contribution in [0.25, 0.3) is 0 Å². The van der Waals surface area contributed by atoms with Crippen LogP contribution in [0, 0.1) is 5.82 Å². The zero-order chi connectivity index (χ0) is 9.14. The molecular weight excluding hydrogens is 165 g/mol. The van der Waals surface area contributed by atoms with E-state index in [9.17, 15) is 4.39 Å². The van der Waals surface area contributed by atoms with E-state index in [1.165, 1.54) is 7.11 Å². The maximum absolute atomic E-state index is 12.5. The Morgan fingerprint density at radius 2 is 2.42 bits per heavy atom. The summed E-state index contributed by atoms with van der Waals surface area (Å²) in [5.41, 5.74) is -0.0301. The van der Waals surface area contributed by atoms with E-state index in [0.29, 0.717) is 0 Å². The van der Waals surface area contributed by atoms with Gasteiger partial charge in [0.2, 0.25) is 5.88 Å². The van der Waals surface area contributed by atoms with Gasteiger partial charge in [-0.25, -0.2) is 15.2 Å². The maximum Gasteiger partial charge on any atom is 0.241 e. The Kier molecular flexibility index (Phi) is 2.41. The molecule has 0 atom stereocenters. The van der Waals surface area contributed by atoms with E-state index in [4.69, 9.17) is 15.8 Å². The van der Waals surface area contributed by atoms with Crippen LogP contribution in [0.2, 0.25) is 0 Å². The average molecular weight is 173 g/mol. The summed E-state index contributed by atoms with van der Waals surface area (Å²) >= 11 is 0. The van der Waals surface area contributed by atoms with Crippen molar-refractivity contribution in [3.8, 4) is 5.88 Å². The number of hydrogen-bond donors (Lipinski definition) is 2. The number of pyridine rings is 1. The lowest BCUT2D eigenvalue weighted by atomic mass is 10.4. The number of ether oxygens (including phenoxy) is 1. The third-order valence-electron chi connectivity index (χ3n) is 1.24. The standard InChI is InChI=1S/C6H8FN3O2/c1-12-6-5(10(8)11)2-4(7)3-9-6/h2-3,11H,8H2,1H3. The second-order valence-electron chi connectivity index (χ2n) is 2.03. The van der Waals surface area contributed by atoms with Crippen molar-refractivity contribution in [1.29, 1.82) is 0 Å². The predicted octanol–water partition coefficient (Wildman–Crippen LogP) is 0.299. The molecular formula is C6H8FN3O2. The van der Waals surface area contributed by atoms with E-state index in [1.807, 2.05) is 0 Å². The van der Waals surface area contributed by atoms with Gasteiger partial charge in [-0.2, -0.15) is 5.17 Å². The van der Waals surface area contributed by atoms with Crippen molar-refractivity contribution in [3.63, 3.8) is 0 Å². The van der Waals surface area contributed by atoms with Gasteiger partial charge in [-0.3, -0.25) is 5.21 Å². The molecule has 0 aliphatic rings. The van der Waals surface area contributed by atoms with Gasteiger partial charge in [0, 0.05) is 6.07 Å². The predicted molar refractivity (Wildman–Crippen MR) is 39.2 cm³/mol.